The van der Waals surface area contributed by atoms with Crippen LogP contribution in [0, 0.1) is 0 Å². The summed E-state index contributed by atoms with van der Waals surface area (Å²) in [4.78, 5) is 8.33. The minimum Gasteiger partial charge on any atom is -0.652 e. The molecule has 0 aromatic carbocycles. The summed E-state index contributed by atoms with van der Waals surface area (Å²) >= 11 is 0. The third kappa shape index (κ3) is 6340. The Balaban J connectivity index is -0.0000000910. The Morgan fingerprint density at radius 1 is 1.20 bits per heavy atom. The van der Waals surface area contributed by atoms with E-state index in [-0.39, 0.29) is 19.5 Å². The fourth-order valence-corrected chi connectivity index (χ4v) is 0. The van der Waals surface area contributed by atoms with Crippen LogP contribution in [-0.4, -0.2) is 23.7 Å². The molecule has 0 bridgehead atoms. The summed E-state index contributed by atoms with van der Waals surface area (Å²) in [6, 6.07) is 0. The Morgan fingerprint density at radius 2 is 1.20 bits per heavy atom. The van der Waals surface area contributed by atoms with Gasteiger partial charge in [0.15, 0.2) is 0 Å². The minimum absolute atomic E-state index is 0. The van der Waals surface area contributed by atoms with Crippen LogP contribution in [0.5, 0.6) is 0 Å². The maximum atomic E-state index is 8.74. The van der Waals surface area contributed by atoms with Crippen LogP contribution in [0.3, 0.4) is 0 Å². The summed E-state index contributed by atoms with van der Waals surface area (Å²) in [6.07, 6.45) is -2.33. The van der Waals surface area contributed by atoms with Gasteiger partial charge in [-0.15, -0.1) is 0 Å². The van der Waals surface area contributed by atoms with Gasteiger partial charge in [-0.1, -0.05) is 0 Å². The zero-order valence-corrected chi connectivity index (χ0v) is 8.33. The van der Waals surface area contributed by atoms with E-state index in [2.05, 4.69) is 0 Å². The quantitative estimate of drug-likeness (QED) is 0.327. The molecule has 0 rings (SSSR count). The number of carboxylic acid groups (broad SMARTS) is 2. The van der Waals surface area contributed by atoms with Crippen molar-refractivity contribution in [2.24, 2.45) is 0 Å². The van der Waals surface area contributed by atoms with E-state index in [1.54, 1.807) is 0 Å². The van der Waals surface area contributed by atoms with Gasteiger partial charge in [0.05, 0.1) is 0 Å². The Morgan fingerprint density at radius 3 is 1.20 bits per heavy atom. The second-order valence-corrected chi connectivity index (χ2v) is 1.59. The van der Waals surface area contributed by atoms with Crippen LogP contribution >= 0.6 is 0 Å². The SMILES string of the molecule is O=C([O-])[O-].O=S(=O)(O)O.[Zn+2]. The molecule has 0 aliphatic rings. The smallest absolute Gasteiger partial charge is 0.652 e. The summed E-state index contributed by atoms with van der Waals surface area (Å²) < 4.78 is 31.6. The van der Waals surface area contributed by atoms with Crippen LogP contribution in [-0.2, 0) is 29.9 Å². The van der Waals surface area contributed by atoms with Gasteiger partial charge in [-0.05, 0) is 6.16 Å². The molecule has 0 saturated carbocycles. The molecule has 0 unspecified atom stereocenters. The van der Waals surface area contributed by atoms with E-state index in [9.17, 15) is 0 Å². The number of carbonyl (C=O) groups is 1. The van der Waals surface area contributed by atoms with Crippen LogP contribution in [0.4, 0.5) is 4.79 Å². The first-order valence-electron chi connectivity index (χ1n) is 1.31. The summed E-state index contributed by atoms with van der Waals surface area (Å²) in [7, 11) is -4.67. The molecule has 0 aromatic heterocycles. The van der Waals surface area contributed by atoms with Crippen molar-refractivity contribution in [3.05, 3.63) is 0 Å². The van der Waals surface area contributed by atoms with Crippen LogP contribution in [0.25, 0.3) is 0 Å². The van der Waals surface area contributed by atoms with Gasteiger partial charge < -0.3 is 15.0 Å². The number of hydrogen-bond acceptors (Lipinski definition) is 5. The van der Waals surface area contributed by atoms with Crippen molar-refractivity contribution in [2.75, 3.05) is 0 Å². The molecule has 9 heteroatoms. The predicted octanol–water partition coefficient (Wildman–Crippen LogP) is -3.10. The molecule has 56 valence electrons. The standard InChI is InChI=1S/CH2O3.H2O4S.Zn/c2-1(3)4;1-5(2,3)4;/h(H2,2,3,4);(H2,1,2,3,4);/q;;+2/p-2. The normalized spacial score (nSPS) is 8.20. The Labute approximate surface area is 69.0 Å². The maximum absolute atomic E-state index is 8.74. The monoisotopic (exact) mass is 222 g/mol. The van der Waals surface area contributed by atoms with Crippen molar-refractivity contribution >= 4 is 16.6 Å². The van der Waals surface area contributed by atoms with Crippen molar-refractivity contribution in [2.45, 2.75) is 0 Å². The molecule has 0 atom stereocenters. The molecule has 0 amide bonds. The van der Waals surface area contributed by atoms with Crippen molar-refractivity contribution in [3.63, 3.8) is 0 Å². The van der Waals surface area contributed by atoms with Crippen molar-refractivity contribution in [1.82, 2.24) is 0 Å². The average molecular weight is 223 g/mol. The molecule has 0 heterocycles. The van der Waals surface area contributed by atoms with Gasteiger partial charge >= 0.3 is 29.9 Å². The molecule has 0 fully saturated rings. The van der Waals surface area contributed by atoms with E-state index in [0.717, 1.165) is 0 Å². The molecule has 7 nitrogen and oxygen atoms in total. The fraction of sp³-hybridized carbons (Fsp3) is 0. The molecule has 0 aliphatic carbocycles. The van der Waals surface area contributed by atoms with Gasteiger partial charge in [-0.3, -0.25) is 9.11 Å². The summed E-state index contributed by atoms with van der Waals surface area (Å²) in [5, 5.41) is 16.7. The summed E-state index contributed by atoms with van der Waals surface area (Å²) in [6.45, 7) is 0. The fourth-order valence-electron chi connectivity index (χ4n) is 0. The molecule has 2 N–H and O–H groups in total. The van der Waals surface area contributed by atoms with Crippen molar-refractivity contribution < 1.29 is 52.0 Å². The van der Waals surface area contributed by atoms with Gasteiger partial charge in [0.25, 0.3) is 0 Å². The molecule has 0 spiro atoms. The van der Waals surface area contributed by atoms with Gasteiger partial charge in [-0.2, -0.15) is 8.42 Å². The maximum Gasteiger partial charge on any atom is 2.00 e. The Bertz CT molecular complexity index is 156. The van der Waals surface area contributed by atoms with Gasteiger partial charge in [-0.25, -0.2) is 0 Å². The van der Waals surface area contributed by atoms with Crippen LogP contribution in [0.1, 0.15) is 0 Å². The number of rotatable bonds is 0. The Hall–Kier alpha value is -0.237. The largest absolute Gasteiger partial charge is 2.00 e. The van der Waals surface area contributed by atoms with Gasteiger partial charge in [0.1, 0.15) is 0 Å². The molecule has 0 saturated heterocycles. The summed E-state index contributed by atoms with van der Waals surface area (Å²) in [5.41, 5.74) is 0. The van der Waals surface area contributed by atoms with E-state index in [4.69, 9.17) is 32.5 Å². The molecule has 0 aromatic rings. The van der Waals surface area contributed by atoms with Gasteiger partial charge in [0.2, 0.25) is 0 Å². The summed E-state index contributed by atoms with van der Waals surface area (Å²) in [5.74, 6) is 0. The first-order valence-corrected chi connectivity index (χ1v) is 2.71. The zero-order chi connectivity index (χ0) is 8.08. The predicted molar refractivity (Wildman–Crippen MR) is 19.6 cm³/mol. The zero-order valence-electron chi connectivity index (χ0n) is 4.55. The van der Waals surface area contributed by atoms with E-state index in [0.29, 0.717) is 0 Å². The molecule has 0 aliphatic heterocycles. The van der Waals surface area contributed by atoms with E-state index in [1.165, 1.54) is 0 Å². The topological polar surface area (TPSA) is 138 Å². The first-order chi connectivity index (χ1) is 3.73. The van der Waals surface area contributed by atoms with Crippen LogP contribution in [0.2, 0.25) is 0 Å². The number of carbonyl (C=O) groups excluding carboxylic acids is 1. The van der Waals surface area contributed by atoms with Crippen molar-refractivity contribution in [1.29, 1.82) is 0 Å². The van der Waals surface area contributed by atoms with E-state index < -0.39 is 16.6 Å². The van der Waals surface area contributed by atoms with Crippen LogP contribution < -0.4 is 10.2 Å². The molecule has 10 heavy (non-hydrogen) atoms. The van der Waals surface area contributed by atoms with Crippen molar-refractivity contribution in [3.8, 4) is 0 Å². The first kappa shape index (κ1) is 16.4. The third-order valence-electron chi connectivity index (χ3n) is 0. The second kappa shape index (κ2) is 6.88. The molecular weight excluding hydrogens is 221 g/mol. The Kier molecular flexibility index (Phi) is 11.3. The third-order valence-corrected chi connectivity index (χ3v) is 0. The molecular formula is CH2O7SZn. The minimum atomic E-state index is -4.67. The van der Waals surface area contributed by atoms with Gasteiger partial charge in [0, 0.05) is 0 Å². The average Bonchev–Trinajstić information content (AvgIpc) is 1.19. The second-order valence-electron chi connectivity index (χ2n) is 0.698. The number of hydrogen-bond donors (Lipinski definition) is 2. The van der Waals surface area contributed by atoms with E-state index >= 15 is 0 Å². The van der Waals surface area contributed by atoms with Crippen LogP contribution in [0.15, 0.2) is 0 Å². The van der Waals surface area contributed by atoms with E-state index in [1.807, 2.05) is 0 Å². The molecule has 0 radical (unpaired) electrons.